The van der Waals surface area contributed by atoms with Gasteiger partial charge in [-0.1, -0.05) is 6.92 Å². The Kier molecular flexibility index (Phi) is 3.17. The number of hydrogen-bond acceptors (Lipinski definition) is 2. The van der Waals surface area contributed by atoms with E-state index in [1.807, 2.05) is 14.0 Å². The fourth-order valence-corrected chi connectivity index (χ4v) is 1.23. The molecule has 1 N–H and O–H groups in total. The lowest BCUT2D eigenvalue weighted by Gasteiger charge is -2.12. The quantitative estimate of drug-likeness (QED) is 0.745. The molecule has 1 aromatic heterocycles. The van der Waals surface area contributed by atoms with Gasteiger partial charge >= 0.3 is 0 Å². The minimum Gasteiger partial charge on any atom is -0.313 e. The smallest absolute Gasteiger partial charge is 0.141 e. The van der Waals surface area contributed by atoms with Crippen LogP contribution in [0, 0.1) is 5.82 Å². The van der Waals surface area contributed by atoms with E-state index in [0.717, 1.165) is 12.0 Å². The molecule has 1 rings (SSSR count). The molecule has 0 aliphatic rings. The molecule has 0 aliphatic carbocycles. The monoisotopic (exact) mass is 168 g/mol. The highest BCUT2D eigenvalue weighted by Gasteiger charge is 2.06. The van der Waals surface area contributed by atoms with Crippen LogP contribution in [0.15, 0.2) is 18.5 Å². The average Bonchev–Trinajstić information content (AvgIpc) is 2.07. The summed E-state index contributed by atoms with van der Waals surface area (Å²) in [4.78, 5) is 3.79. The van der Waals surface area contributed by atoms with Crippen molar-refractivity contribution in [2.45, 2.75) is 19.4 Å². The first-order valence-corrected chi connectivity index (χ1v) is 4.05. The van der Waals surface area contributed by atoms with Crippen molar-refractivity contribution in [3.8, 4) is 0 Å². The largest absolute Gasteiger partial charge is 0.313 e. The van der Waals surface area contributed by atoms with Gasteiger partial charge in [0.1, 0.15) is 5.82 Å². The second kappa shape index (κ2) is 4.16. The van der Waals surface area contributed by atoms with E-state index in [0.29, 0.717) is 0 Å². The van der Waals surface area contributed by atoms with E-state index in [-0.39, 0.29) is 11.9 Å². The standard InChI is InChI=1S/C9H13FN2/c1-3-9(11-2)7-4-8(10)6-12-5-7/h4-6,9,11H,3H2,1-2H3. The maximum Gasteiger partial charge on any atom is 0.141 e. The van der Waals surface area contributed by atoms with Crippen molar-refractivity contribution in [2.75, 3.05) is 7.05 Å². The van der Waals surface area contributed by atoms with Crippen LogP contribution in [0.5, 0.6) is 0 Å². The van der Waals surface area contributed by atoms with Crippen LogP contribution < -0.4 is 5.32 Å². The number of hydrogen-bond donors (Lipinski definition) is 1. The van der Waals surface area contributed by atoms with Gasteiger partial charge in [0.05, 0.1) is 6.20 Å². The third-order valence-corrected chi connectivity index (χ3v) is 1.89. The predicted molar refractivity (Wildman–Crippen MR) is 46.3 cm³/mol. The topological polar surface area (TPSA) is 24.9 Å². The number of nitrogens with zero attached hydrogens (tertiary/aromatic N) is 1. The zero-order valence-corrected chi connectivity index (χ0v) is 7.34. The molecule has 1 aromatic rings. The summed E-state index contributed by atoms with van der Waals surface area (Å²) in [6, 6.07) is 1.71. The summed E-state index contributed by atoms with van der Waals surface area (Å²) >= 11 is 0. The predicted octanol–water partition coefficient (Wildman–Crippen LogP) is 1.89. The van der Waals surface area contributed by atoms with E-state index in [4.69, 9.17) is 0 Å². The number of pyridine rings is 1. The van der Waals surface area contributed by atoms with Crippen molar-refractivity contribution in [3.05, 3.63) is 29.8 Å². The van der Waals surface area contributed by atoms with Crippen LogP contribution in [0.25, 0.3) is 0 Å². The third-order valence-electron chi connectivity index (χ3n) is 1.89. The second-order valence-corrected chi connectivity index (χ2v) is 2.69. The maximum absolute atomic E-state index is 12.7. The molecule has 0 spiro atoms. The molecule has 12 heavy (non-hydrogen) atoms. The SMILES string of the molecule is CCC(NC)c1cncc(F)c1. The van der Waals surface area contributed by atoms with E-state index in [2.05, 4.69) is 10.3 Å². The second-order valence-electron chi connectivity index (χ2n) is 2.69. The Morgan fingerprint density at radius 2 is 2.33 bits per heavy atom. The first kappa shape index (κ1) is 9.13. The van der Waals surface area contributed by atoms with E-state index >= 15 is 0 Å². The zero-order chi connectivity index (χ0) is 8.97. The first-order valence-electron chi connectivity index (χ1n) is 4.05. The third kappa shape index (κ3) is 2.01. The van der Waals surface area contributed by atoms with Gasteiger partial charge in [0, 0.05) is 12.2 Å². The van der Waals surface area contributed by atoms with Gasteiger partial charge in [0.25, 0.3) is 0 Å². The minimum absolute atomic E-state index is 0.202. The van der Waals surface area contributed by atoms with Crippen LogP contribution in [0.2, 0.25) is 0 Å². The normalized spacial score (nSPS) is 12.9. The lowest BCUT2D eigenvalue weighted by Crippen LogP contribution is -2.15. The van der Waals surface area contributed by atoms with Gasteiger partial charge in [0.2, 0.25) is 0 Å². The fourth-order valence-electron chi connectivity index (χ4n) is 1.23. The van der Waals surface area contributed by atoms with Crippen molar-refractivity contribution in [1.82, 2.24) is 10.3 Å². The molecule has 2 nitrogen and oxygen atoms in total. The van der Waals surface area contributed by atoms with Gasteiger partial charge in [-0.05, 0) is 25.1 Å². The highest BCUT2D eigenvalue weighted by molar-refractivity contribution is 5.14. The van der Waals surface area contributed by atoms with E-state index in [1.165, 1.54) is 12.3 Å². The molecule has 1 heterocycles. The van der Waals surface area contributed by atoms with Crippen LogP contribution in [0.3, 0.4) is 0 Å². The Morgan fingerprint density at radius 1 is 1.58 bits per heavy atom. The molecule has 0 fully saturated rings. The van der Waals surface area contributed by atoms with Crippen LogP contribution >= 0.6 is 0 Å². The summed E-state index contributed by atoms with van der Waals surface area (Å²) < 4.78 is 12.7. The van der Waals surface area contributed by atoms with Crippen molar-refractivity contribution in [1.29, 1.82) is 0 Å². The van der Waals surface area contributed by atoms with E-state index in [9.17, 15) is 4.39 Å². The van der Waals surface area contributed by atoms with Crippen LogP contribution in [0.1, 0.15) is 24.9 Å². The molecular weight excluding hydrogens is 155 g/mol. The van der Waals surface area contributed by atoms with Crippen LogP contribution in [-0.2, 0) is 0 Å². The van der Waals surface area contributed by atoms with E-state index in [1.54, 1.807) is 6.20 Å². The summed E-state index contributed by atoms with van der Waals surface area (Å²) in [5.74, 6) is -0.277. The number of rotatable bonds is 3. The van der Waals surface area contributed by atoms with E-state index < -0.39 is 0 Å². The number of aromatic nitrogens is 1. The van der Waals surface area contributed by atoms with Crippen LogP contribution in [0.4, 0.5) is 4.39 Å². The van der Waals surface area contributed by atoms with Crippen molar-refractivity contribution in [3.63, 3.8) is 0 Å². The van der Waals surface area contributed by atoms with Gasteiger partial charge < -0.3 is 5.32 Å². The molecule has 0 bridgehead atoms. The molecule has 1 unspecified atom stereocenters. The van der Waals surface area contributed by atoms with Crippen molar-refractivity contribution >= 4 is 0 Å². The van der Waals surface area contributed by atoms with Gasteiger partial charge in [-0.3, -0.25) is 4.98 Å². The number of halogens is 1. The summed E-state index contributed by atoms with van der Waals surface area (Å²) in [7, 11) is 1.86. The van der Waals surface area contributed by atoms with Gasteiger partial charge in [0.15, 0.2) is 0 Å². The van der Waals surface area contributed by atoms with Crippen molar-refractivity contribution in [2.24, 2.45) is 0 Å². The molecule has 1 atom stereocenters. The highest BCUT2D eigenvalue weighted by Crippen LogP contribution is 2.14. The molecule has 66 valence electrons. The van der Waals surface area contributed by atoms with Gasteiger partial charge in [-0.15, -0.1) is 0 Å². The molecule has 0 saturated carbocycles. The molecular formula is C9H13FN2. The Bertz CT molecular complexity index is 246. The Morgan fingerprint density at radius 3 is 2.83 bits per heavy atom. The summed E-state index contributed by atoms with van der Waals surface area (Å²) in [5, 5.41) is 3.09. The molecule has 0 saturated heterocycles. The lowest BCUT2D eigenvalue weighted by molar-refractivity contribution is 0.561. The van der Waals surface area contributed by atoms with Crippen molar-refractivity contribution < 1.29 is 4.39 Å². The molecule has 0 aromatic carbocycles. The lowest BCUT2D eigenvalue weighted by atomic mass is 10.1. The fraction of sp³-hybridized carbons (Fsp3) is 0.444. The molecule has 0 aliphatic heterocycles. The maximum atomic E-state index is 12.7. The average molecular weight is 168 g/mol. The van der Waals surface area contributed by atoms with Gasteiger partial charge in [-0.2, -0.15) is 0 Å². The first-order chi connectivity index (χ1) is 5.77. The summed E-state index contributed by atoms with van der Waals surface area (Å²) in [5.41, 5.74) is 0.903. The zero-order valence-electron chi connectivity index (χ0n) is 7.34. The molecule has 3 heteroatoms. The molecule has 0 radical (unpaired) electrons. The number of nitrogens with one attached hydrogen (secondary N) is 1. The van der Waals surface area contributed by atoms with Gasteiger partial charge in [-0.25, -0.2) is 4.39 Å². The Labute approximate surface area is 71.8 Å². The minimum atomic E-state index is -0.277. The molecule has 0 amide bonds. The van der Waals surface area contributed by atoms with Crippen LogP contribution in [-0.4, -0.2) is 12.0 Å². The summed E-state index contributed by atoms with van der Waals surface area (Å²) in [6.45, 7) is 2.05. The Balaban J connectivity index is 2.85. The Hall–Kier alpha value is -0.960. The summed E-state index contributed by atoms with van der Waals surface area (Å²) in [6.07, 6.45) is 3.83. The highest BCUT2D eigenvalue weighted by atomic mass is 19.1.